The molecular weight excluding hydrogens is 426 g/mol. The summed E-state index contributed by atoms with van der Waals surface area (Å²) >= 11 is 0. The van der Waals surface area contributed by atoms with Crippen molar-refractivity contribution in [3.63, 3.8) is 0 Å². The molecule has 2 fully saturated rings. The van der Waals surface area contributed by atoms with Gasteiger partial charge in [0.25, 0.3) is 0 Å². The second-order valence-corrected chi connectivity index (χ2v) is 9.49. The van der Waals surface area contributed by atoms with Crippen molar-refractivity contribution in [1.82, 2.24) is 10.3 Å². The van der Waals surface area contributed by atoms with Crippen LogP contribution in [0.15, 0.2) is 54.6 Å². The highest BCUT2D eigenvalue weighted by molar-refractivity contribution is 5.85. The number of anilines is 1. The largest absolute Gasteiger partial charge is 0.506 e. The number of hydrogen-bond donors (Lipinski definition) is 2. The van der Waals surface area contributed by atoms with Gasteiger partial charge in [-0.05, 0) is 80.8 Å². The van der Waals surface area contributed by atoms with Crippen LogP contribution in [0.3, 0.4) is 0 Å². The zero-order valence-electron chi connectivity index (χ0n) is 19.6. The maximum atomic E-state index is 12.7. The Labute approximate surface area is 201 Å². The molecule has 1 saturated heterocycles. The fourth-order valence-corrected chi connectivity index (χ4v) is 5.08. The van der Waals surface area contributed by atoms with Crippen molar-refractivity contribution < 1.29 is 14.6 Å². The Morgan fingerprint density at radius 2 is 1.76 bits per heavy atom. The number of carbonyl (C=O) groups is 1. The number of phenolic OH excluding ortho intramolecular Hbond substituents is 1. The zero-order chi connectivity index (χ0) is 23.3. The maximum Gasteiger partial charge on any atom is 0.223 e. The maximum absolute atomic E-state index is 12.7. The van der Waals surface area contributed by atoms with Crippen LogP contribution < -0.4 is 15.0 Å². The van der Waals surface area contributed by atoms with Crippen molar-refractivity contribution >= 4 is 22.6 Å². The summed E-state index contributed by atoms with van der Waals surface area (Å²) in [5.41, 5.74) is 1.83. The summed E-state index contributed by atoms with van der Waals surface area (Å²) in [5.74, 6) is 2.18. The number of amides is 1. The van der Waals surface area contributed by atoms with Crippen molar-refractivity contribution in [1.29, 1.82) is 0 Å². The molecule has 3 aromatic rings. The number of fused-ring (bicyclic) bond motifs is 1. The number of nitrogens with one attached hydrogen (secondary N) is 1. The van der Waals surface area contributed by atoms with Crippen molar-refractivity contribution in [3.05, 3.63) is 60.2 Å². The number of aromatic nitrogens is 1. The number of carbonyl (C=O) groups excluding carboxylic acids is 1. The van der Waals surface area contributed by atoms with Crippen LogP contribution in [0.25, 0.3) is 10.9 Å². The van der Waals surface area contributed by atoms with Crippen molar-refractivity contribution in [2.75, 3.05) is 24.5 Å². The summed E-state index contributed by atoms with van der Waals surface area (Å²) < 4.78 is 6.03. The Balaban J connectivity index is 1.07. The molecule has 2 N–H and O–H groups in total. The Hall–Kier alpha value is -3.28. The van der Waals surface area contributed by atoms with Crippen LogP contribution in [0, 0.1) is 5.92 Å². The quantitative estimate of drug-likeness (QED) is 0.529. The molecule has 1 aliphatic heterocycles. The van der Waals surface area contributed by atoms with E-state index < -0.39 is 0 Å². The monoisotopic (exact) mass is 459 g/mol. The van der Waals surface area contributed by atoms with E-state index in [1.54, 1.807) is 6.07 Å². The molecule has 2 heterocycles. The lowest BCUT2D eigenvalue weighted by atomic mass is 9.95. The molecule has 2 aromatic carbocycles. The molecule has 0 bridgehead atoms. The topological polar surface area (TPSA) is 74.7 Å². The van der Waals surface area contributed by atoms with E-state index in [4.69, 9.17) is 4.74 Å². The molecule has 5 rings (SSSR count). The first-order valence-electron chi connectivity index (χ1n) is 12.5. The molecular formula is C28H33N3O3. The van der Waals surface area contributed by atoms with Crippen LogP contribution in [0.4, 0.5) is 5.82 Å². The van der Waals surface area contributed by atoms with Crippen LogP contribution in [0.1, 0.15) is 44.1 Å². The first kappa shape index (κ1) is 22.5. The van der Waals surface area contributed by atoms with Gasteiger partial charge in [-0.2, -0.15) is 0 Å². The number of hydrogen-bond acceptors (Lipinski definition) is 5. The van der Waals surface area contributed by atoms with E-state index >= 15 is 0 Å². The van der Waals surface area contributed by atoms with Gasteiger partial charge in [-0.1, -0.05) is 24.3 Å². The third-order valence-electron chi connectivity index (χ3n) is 7.12. The lowest BCUT2D eigenvalue weighted by Crippen LogP contribution is -2.41. The summed E-state index contributed by atoms with van der Waals surface area (Å²) in [5, 5.41) is 14.2. The summed E-state index contributed by atoms with van der Waals surface area (Å²) in [7, 11) is 0. The van der Waals surface area contributed by atoms with Gasteiger partial charge in [-0.15, -0.1) is 0 Å². The molecule has 6 heteroatoms. The van der Waals surface area contributed by atoms with Gasteiger partial charge in [-0.25, -0.2) is 4.98 Å². The highest BCUT2D eigenvalue weighted by Crippen LogP contribution is 2.28. The van der Waals surface area contributed by atoms with Crippen molar-refractivity contribution in [2.24, 2.45) is 5.92 Å². The van der Waals surface area contributed by atoms with E-state index in [0.29, 0.717) is 18.2 Å². The second-order valence-electron chi connectivity index (χ2n) is 9.49. The number of pyridine rings is 1. The SMILES string of the molecule is O=C(NCCc1ccc(OC2CCCC2)cc1)C1CCN(c2ccc3cccc(O)c3n2)CC1. The first-order valence-corrected chi connectivity index (χ1v) is 12.5. The average molecular weight is 460 g/mol. The molecule has 0 unspecified atom stereocenters. The van der Waals surface area contributed by atoms with Gasteiger partial charge in [0.15, 0.2) is 0 Å². The predicted molar refractivity (Wildman–Crippen MR) is 134 cm³/mol. The standard InChI is InChI=1S/C28H33N3O3/c32-25-7-3-4-21-10-13-26(30-27(21)25)31-18-15-22(16-19-31)28(33)29-17-14-20-8-11-24(12-9-20)34-23-5-1-2-6-23/h3-4,7-13,22-23,32H,1-2,5-6,14-19H2,(H,29,33). The van der Waals surface area contributed by atoms with E-state index in [1.807, 2.05) is 36.4 Å². The number of nitrogens with zero attached hydrogens (tertiary/aromatic N) is 2. The van der Waals surface area contributed by atoms with Crippen LogP contribution in [0.5, 0.6) is 11.5 Å². The number of benzene rings is 2. The average Bonchev–Trinajstić information content (AvgIpc) is 3.38. The van der Waals surface area contributed by atoms with Gasteiger partial charge in [0.1, 0.15) is 22.8 Å². The second kappa shape index (κ2) is 10.3. The van der Waals surface area contributed by atoms with E-state index in [0.717, 1.165) is 62.1 Å². The van der Waals surface area contributed by atoms with Gasteiger partial charge in [0.2, 0.25) is 5.91 Å². The third-order valence-corrected chi connectivity index (χ3v) is 7.12. The molecule has 178 valence electrons. The van der Waals surface area contributed by atoms with Crippen LogP contribution >= 0.6 is 0 Å². The van der Waals surface area contributed by atoms with Gasteiger partial charge >= 0.3 is 0 Å². The summed E-state index contributed by atoms with van der Waals surface area (Å²) in [6, 6.07) is 17.7. The Morgan fingerprint density at radius 3 is 2.53 bits per heavy atom. The molecule has 0 atom stereocenters. The minimum Gasteiger partial charge on any atom is -0.506 e. The highest BCUT2D eigenvalue weighted by atomic mass is 16.5. The summed E-state index contributed by atoms with van der Waals surface area (Å²) in [6.07, 6.45) is 7.67. The summed E-state index contributed by atoms with van der Waals surface area (Å²) in [4.78, 5) is 19.6. The van der Waals surface area contributed by atoms with E-state index in [9.17, 15) is 9.90 Å². The van der Waals surface area contributed by atoms with Crippen LogP contribution in [0.2, 0.25) is 0 Å². The fraction of sp³-hybridized carbons (Fsp3) is 0.429. The van der Waals surface area contributed by atoms with Crippen LogP contribution in [-0.4, -0.2) is 41.7 Å². The molecule has 1 aromatic heterocycles. The Bertz CT molecular complexity index is 1120. The van der Waals surface area contributed by atoms with Gasteiger partial charge in [-0.3, -0.25) is 4.79 Å². The van der Waals surface area contributed by atoms with E-state index in [-0.39, 0.29) is 17.6 Å². The number of aromatic hydroxyl groups is 1. The van der Waals surface area contributed by atoms with Gasteiger partial charge in [0.05, 0.1) is 6.10 Å². The highest BCUT2D eigenvalue weighted by Gasteiger charge is 2.25. The molecule has 0 radical (unpaired) electrons. The first-order chi connectivity index (χ1) is 16.7. The predicted octanol–water partition coefficient (Wildman–Crippen LogP) is 4.84. The Kier molecular flexibility index (Phi) is 6.84. The molecule has 6 nitrogen and oxygen atoms in total. The normalized spacial score (nSPS) is 17.2. The molecule has 2 aliphatic rings. The number of phenols is 1. The number of para-hydroxylation sites is 1. The van der Waals surface area contributed by atoms with Gasteiger partial charge < -0.3 is 20.1 Å². The van der Waals surface area contributed by atoms with E-state index in [1.165, 1.54) is 18.4 Å². The van der Waals surface area contributed by atoms with Gasteiger partial charge in [0, 0.05) is 30.9 Å². The lowest BCUT2D eigenvalue weighted by molar-refractivity contribution is -0.125. The molecule has 1 amide bonds. The minimum absolute atomic E-state index is 0.0345. The molecule has 34 heavy (non-hydrogen) atoms. The third kappa shape index (κ3) is 5.27. The molecule has 1 aliphatic carbocycles. The lowest BCUT2D eigenvalue weighted by Gasteiger charge is -2.32. The van der Waals surface area contributed by atoms with Crippen molar-refractivity contribution in [3.8, 4) is 11.5 Å². The summed E-state index contributed by atoms with van der Waals surface area (Å²) in [6.45, 7) is 2.21. The fourth-order valence-electron chi connectivity index (χ4n) is 5.08. The zero-order valence-corrected chi connectivity index (χ0v) is 19.6. The smallest absolute Gasteiger partial charge is 0.223 e. The van der Waals surface area contributed by atoms with Crippen molar-refractivity contribution in [2.45, 2.75) is 51.0 Å². The Morgan fingerprint density at radius 1 is 1.00 bits per heavy atom. The number of rotatable bonds is 7. The van der Waals surface area contributed by atoms with E-state index in [2.05, 4.69) is 27.3 Å². The number of piperidine rings is 1. The number of ether oxygens (including phenoxy) is 1. The molecule has 1 saturated carbocycles. The minimum atomic E-state index is 0.0345. The molecule has 0 spiro atoms. The van der Waals surface area contributed by atoms with Crippen LogP contribution in [-0.2, 0) is 11.2 Å².